The van der Waals surface area contributed by atoms with Crippen molar-refractivity contribution in [2.45, 2.75) is 25.9 Å². The molecule has 23 heavy (non-hydrogen) atoms. The van der Waals surface area contributed by atoms with Crippen LogP contribution in [0.2, 0.25) is 0 Å². The highest BCUT2D eigenvalue weighted by molar-refractivity contribution is 9.10. The van der Waals surface area contributed by atoms with Crippen molar-refractivity contribution in [3.8, 4) is 0 Å². The van der Waals surface area contributed by atoms with Gasteiger partial charge in [0.2, 0.25) is 5.95 Å². The zero-order valence-corrected chi connectivity index (χ0v) is 15.0. The predicted molar refractivity (Wildman–Crippen MR) is 95.6 cm³/mol. The number of hydrogen-bond donors (Lipinski definition) is 1. The minimum absolute atomic E-state index is 0.0121. The fraction of sp³-hybridized carbons (Fsp3) is 0.412. The zero-order valence-electron chi connectivity index (χ0n) is 13.4. The topological polar surface area (TPSA) is 64.3 Å². The van der Waals surface area contributed by atoms with Gasteiger partial charge in [0.05, 0.1) is 12.3 Å². The first-order chi connectivity index (χ1) is 11.0. The van der Waals surface area contributed by atoms with Gasteiger partial charge in [0.15, 0.2) is 0 Å². The van der Waals surface area contributed by atoms with Crippen LogP contribution in [0.15, 0.2) is 34.8 Å². The van der Waals surface area contributed by atoms with E-state index in [1.54, 1.807) is 0 Å². The van der Waals surface area contributed by atoms with E-state index >= 15 is 0 Å². The number of benzene rings is 1. The first-order valence-electron chi connectivity index (χ1n) is 7.80. The van der Waals surface area contributed by atoms with Crippen molar-refractivity contribution in [1.82, 2.24) is 9.97 Å². The van der Waals surface area contributed by atoms with Gasteiger partial charge in [-0.05, 0) is 17.5 Å². The standard InChI is InChI=1S/C17H21BrN4O/c1-11(2)14-9-16(21-17(19)20-14)22-7-8-23-15(10-22)12-5-3-4-6-13(12)18/h3-6,9,11,15H,7-8,10H2,1-2H3,(H2,19,20,21)/t15-/m0/s1. The summed E-state index contributed by atoms with van der Waals surface area (Å²) in [5.74, 6) is 1.52. The Hall–Kier alpha value is -1.66. The summed E-state index contributed by atoms with van der Waals surface area (Å²) in [5, 5.41) is 0. The van der Waals surface area contributed by atoms with Gasteiger partial charge in [-0.25, -0.2) is 4.98 Å². The van der Waals surface area contributed by atoms with Crippen LogP contribution >= 0.6 is 15.9 Å². The van der Waals surface area contributed by atoms with Gasteiger partial charge < -0.3 is 15.4 Å². The molecule has 2 aromatic rings. The molecule has 2 heterocycles. The SMILES string of the molecule is CC(C)c1cc(N2CCO[C@H](c3ccccc3Br)C2)nc(N)n1. The molecule has 1 saturated heterocycles. The van der Waals surface area contributed by atoms with Gasteiger partial charge in [0.1, 0.15) is 11.9 Å². The molecule has 1 fully saturated rings. The molecule has 0 amide bonds. The lowest BCUT2D eigenvalue weighted by Gasteiger charge is -2.34. The molecule has 1 aliphatic rings. The Balaban J connectivity index is 1.85. The molecular weight excluding hydrogens is 356 g/mol. The van der Waals surface area contributed by atoms with E-state index in [1.165, 1.54) is 0 Å². The molecule has 1 atom stereocenters. The minimum Gasteiger partial charge on any atom is -0.370 e. The van der Waals surface area contributed by atoms with Crippen LogP contribution in [-0.2, 0) is 4.74 Å². The van der Waals surface area contributed by atoms with Crippen LogP contribution in [0.4, 0.5) is 11.8 Å². The molecule has 2 N–H and O–H groups in total. The van der Waals surface area contributed by atoms with Crippen LogP contribution in [0.3, 0.4) is 0 Å². The van der Waals surface area contributed by atoms with E-state index in [4.69, 9.17) is 10.5 Å². The Morgan fingerprint density at radius 2 is 2.09 bits per heavy atom. The number of nitrogen functional groups attached to an aromatic ring is 1. The first-order valence-corrected chi connectivity index (χ1v) is 8.59. The van der Waals surface area contributed by atoms with Gasteiger partial charge in [-0.1, -0.05) is 48.0 Å². The van der Waals surface area contributed by atoms with Crippen molar-refractivity contribution in [2.75, 3.05) is 30.3 Å². The average molecular weight is 377 g/mol. The quantitative estimate of drug-likeness (QED) is 0.887. The summed E-state index contributed by atoms with van der Waals surface area (Å²) < 4.78 is 7.02. The fourth-order valence-corrected chi connectivity index (χ4v) is 3.25. The summed E-state index contributed by atoms with van der Waals surface area (Å²) in [5.41, 5.74) is 8.01. The molecule has 0 bridgehead atoms. The number of ether oxygens (including phenoxy) is 1. The van der Waals surface area contributed by atoms with E-state index in [2.05, 4.69) is 50.7 Å². The van der Waals surface area contributed by atoms with Crippen molar-refractivity contribution in [3.05, 3.63) is 46.1 Å². The molecule has 122 valence electrons. The van der Waals surface area contributed by atoms with Crippen LogP contribution in [-0.4, -0.2) is 29.7 Å². The van der Waals surface area contributed by atoms with E-state index in [9.17, 15) is 0 Å². The number of aromatic nitrogens is 2. The summed E-state index contributed by atoms with van der Waals surface area (Å²) in [7, 11) is 0. The fourth-order valence-electron chi connectivity index (χ4n) is 2.71. The van der Waals surface area contributed by atoms with Gasteiger partial charge in [-0.15, -0.1) is 0 Å². The maximum Gasteiger partial charge on any atom is 0.222 e. The average Bonchev–Trinajstić information content (AvgIpc) is 2.55. The lowest BCUT2D eigenvalue weighted by atomic mass is 10.1. The van der Waals surface area contributed by atoms with E-state index in [0.29, 0.717) is 18.5 Å². The van der Waals surface area contributed by atoms with E-state index < -0.39 is 0 Å². The number of rotatable bonds is 3. The lowest BCUT2D eigenvalue weighted by molar-refractivity contribution is 0.0391. The second kappa shape index (κ2) is 6.84. The molecule has 0 aliphatic carbocycles. The summed E-state index contributed by atoms with van der Waals surface area (Å²) in [4.78, 5) is 11.0. The molecular formula is C17H21BrN4O. The van der Waals surface area contributed by atoms with E-state index in [0.717, 1.165) is 34.6 Å². The van der Waals surface area contributed by atoms with Crippen LogP contribution in [0.5, 0.6) is 0 Å². The highest BCUT2D eigenvalue weighted by Crippen LogP contribution is 2.30. The Labute approximate surface area is 145 Å². The molecule has 0 unspecified atom stereocenters. The Morgan fingerprint density at radius 3 is 2.83 bits per heavy atom. The molecule has 6 heteroatoms. The van der Waals surface area contributed by atoms with Crippen LogP contribution in [0.1, 0.15) is 37.1 Å². The third-order valence-electron chi connectivity index (χ3n) is 3.98. The van der Waals surface area contributed by atoms with Crippen molar-refractivity contribution in [1.29, 1.82) is 0 Å². The predicted octanol–water partition coefficient (Wildman–Crippen LogP) is 3.52. The highest BCUT2D eigenvalue weighted by atomic mass is 79.9. The van der Waals surface area contributed by atoms with Crippen LogP contribution in [0, 0.1) is 0 Å². The van der Waals surface area contributed by atoms with Gasteiger partial charge in [0, 0.05) is 23.6 Å². The molecule has 1 aromatic heterocycles. The third-order valence-corrected chi connectivity index (χ3v) is 4.71. The Kier molecular flexibility index (Phi) is 4.82. The Morgan fingerprint density at radius 1 is 1.30 bits per heavy atom. The second-order valence-corrected chi connectivity index (χ2v) is 6.85. The van der Waals surface area contributed by atoms with Crippen molar-refractivity contribution >= 4 is 27.7 Å². The highest BCUT2D eigenvalue weighted by Gasteiger charge is 2.25. The summed E-state index contributed by atoms with van der Waals surface area (Å²) in [6.45, 7) is 6.42. The summed E-state index contributed by atoms with van der Waals surface area (Å²) in [6.07, 6.45) is 0.0121. The maximum atomic E-state index is 5.96. The van der Waals surface area contributed by atoms with Gasteiger partial charge in [-0.2, -0.15) is 4.98 Å². The second-order valence-electron chi connectivity index (χ2n) is 5.99. The van der Waals surface area contributed by atoms with Crippen molar-refractivity contribution in [2.24, 2.45) is 0 Å². The van der Waals surface area contributed by atoms with Crippen molar-refractivity contribution < 1.29 is 4.74 Å². The van der Waals surface area contributed by atoms with Crippen LogP contribution < -0.4 is 10.6 Å². The van der Waals surface area contributed by atoms with E-state index in [1.807, 2.05) is 24.3 Å². The van der Waals surface area contributed by atoms with Gasteiger partial charge in [-0.3, -0.25) is 0 Å². The molecule has 0 radical (unpaired) electrons. The Bertz CT molecular complexity index is 692. The van der Waals surface area contributed by atoms with Gasteiger partial charge >= 0.3 is 0 Å². The molecule has 0 saturated carbocycles. The smallest absolute Gasteiger partial charge is 0.222 e. The molecule has 0 spiro atoms. The molecule has 1 aliphatic heterocycles. The number of anilines is 2. The van der Waals surface area contributed by atoms with Crippen LogP contribution in [0.25, 0.3) is 0 Å². The van der Waals surface area contributed by atoms with Gasteiger partial charge in [0.25, 0.3) is 0 Å². The summed E-state index contributed by atoms with van der Waals surface area (Å²) >= 11 is 3.61. The molecule has 1 aromatic carbocycles. The molecule has 3 rings (SSSR count). The zero-order chi connectivity index (χ0) is 16.4. The largest absolute Gasteiger partial charge is 0.370 e. The number of morpholine rings is 1. The minimum atomic E-state index is 0.0121. The third kappa shape index (κ3) is 3.64. The normalized spacial score (nSPS) is 18.4. The number of nitrogens with two attached hydrogens (primary N) is 1. The van der Waals surface area contributed by atoms with Crippen molar-refractivity contribution in [3.63, 3.8) is 0 Å². The van der Waals surface area contributed by atoms with E-state index in [-0.39, 0.29) is 6.10 Å². The number of nitrogens with zero attached hydrogens (tertiary/aromatic N) is 3. The number of halogens is 1. The first kappa shape index (κ1) is 16.2. The monoisotopic (exact) mass is 376 g/mol. The maximum absolute atomic E-state index is 5.96. The number of hydrogen-bond acceptors (Lipinski definition) is 5. The summed E-state index contributed by atoms with van der Waals surface area (Å²) in [6, 6.07) is 10.2. The molecule has 5 nitrogen and oxygen atoms in total. The lowest BCUT2D eigenvalue weighted by Crippen LogP contribution is -2.39.